The number of hydrogen-bond acceptors (Lipinski definition) is 2. The molecule has 0 aliphatic carbocycles. The van der Waals surface area contributed by atoms with Gasteiger partial charge in [0.1, 0.15) is 5.65 Å². The second-order valence-corrected chi connectivity index (χ2v) is 7.25. The number of pyridine rings is 1. The fourth-order valence-corrected chi connectivity index (χ4v) is 3.84. The van der Waals surface area contributed by atoms with Gasteiger partial charge in [-0.2, -0.15) is 0 Å². The molecule has 0 radical (unpaired) electrons. The summed E-state index contributed by atoms with van der Waals surface area (Å²) in [5, 5.41) is 0. The van der Waals surface area contributed by atoms with Gasteiger partial charge >= 0.3 is 0 Å². The number of nitrogens with zero attached hydrogens (tertiary/aromatic N) is 3. The number of para-hydroxylation sites is 1. The minimum Gasteiger partial charge on any atom is -0.336 e. The van der Waals surface area contributed by atoms with E-state index in [2.05, 4.69) is 88.9 Å². The molecule has 4 aromatic rings. The van der Waals surface area contributed by atoms with Crippen LogP contribution in [0.15, 0.2) is 73.2 Å². The highest BCUT2D eigenvalue weighted by molar-refractivity contribution is 5.88. The lowest BCUT2D eigenvalue weighted by Crippen LogP contribution is -2.21. The van der Waals surface area contributed by atoms with Crippen molar-refractivity contribution in [3.8, 4) is 11.1 Å². The van der Waals surface area contributed by atoms with E-state index in [-0.39, 0.29) is 0 Å². The Balaban J connectivity index is 1.66. The fourth-order valence-electron chi connectivity index (χ4n) is 3.84. The van der Waals surface area contributed by atoms with Crippen molar-refractivity contribution in [3.63, 3.8) is 0 Å². The third-order valence-corrected chi connectivity index (χ3v) is 5.30. The number of anilines is 2. The van der Waals surface area contributed by atoms with E-state index in [0.717, 1.165) is 12.2 Å². The summed E-state index contributed by atoms with van der Waals surface area (Å²) in [7, 11) is 0. The van der Waals surface area contributed by atoms with E-state index in [1.165, 1.54) is 33.6 Å². The number of aromatic nitrogens is 2. The van der Waals surface area contributed by atoms with Crippen molar-refractivity contribution in [2.45, 2.75) is 26.3 Å². The van der Waals surface area contributed by atoms with Crippen LogP contribution in [0.3, 0.4) is 0 Å². The second-order valence-electron chi connectivity index (χ2n) is 7.25. The summed E-state index contributed by atoms with van der Waals surface area (Å²) in [5.74, 6) is 0.549. The van der Waals surface area contributed by atoms with Crippen LogP contribution in [-0.2, 0) is 6.54 Å². The SMILES string of the molecule is CC(C)c1ccc(N2Cc3cn4ccnc4cc3-c3ccccc32)cc1. The molecule has 3 nitrogen and oxygen atoms in total. The number of hydrogen-bond donors (Lipinski definition) is 0. The number of imidazole rings is 1. The van der Waals surface area contributed by atoms with Gasteiger partial charge < -0.3 is 9.30 Å². The van der Waals surface area contributed by atoms with Gasteiger partial charge in [-0.25, -0.2) is 4.98 Å². The summed E-state index contributed by atoms with van der Waals surface area (Å²) in [6.07, 6.45) is 6.08. The standard InChI is InChI=1S/C23H21N3/c1-16(2)17-7-9-19(10-8-17)26-15-18-14-25-12-11-24-23(25)13-21(18)20-5-3-4-6-22(20)26/h3-14,16H,15H2,1-2H3. The summed E-state index contributed by atoms with van der Waals surface area (Å²) < 4.78 is 2.10. The minimum absolute atomic E-state index is 0.549. The van der Waals surface area contributed by atoms with Crippen molar-refractivity contribution in [1.29, 1.82) is 0 Å². The molecule has 0 fully saturated rings. The average Bonchev–Trinajstić information content (AvgIpc) is 3.13. The molecular formula is C23H21N3. The Morgan fingerprint density at radius 1 is 0.962 bits per heavy atom. The Morgan fingerprint density at radius 2 is 1.77 bits per heavy atom. The molecule has 0 unspecified atom stereocenters. The smallest absolute Gasteiger partial charge is 0.137 e. The first-order valence-electron chi connectivity index (χ1n) is 9.13. The normalized spacial score (nSPS) is 13.1. The molecule has 3 heteroatoms. The molecule has 2 aromatic carbocycles. The molecule has 0 N–H and O–H groups in total. The van der Waals surface area contributed by atoms with Crippen LogP contribution in [-0.4, -0.2) is 9.38 Å². The van der Waals surface area contributed by atoms with Gasteiger partial charge in [0, 0.05) is 35.5 Å². The van der Waals surface area contributed by atoms with Gasteiger partial charge in [-0.3, -0.25) is 0 Å². The topological polar surface area (TPSA) is 20.5 Å². The van der Waals surface area contributed by atoms with E-state index < -0.39 is 0 Å². The molecule has 0 spiro atoms. The first kappa shape index (κ1) is 15.2. The van der Waals surface area contributed by atoms with E-state index in [0.29, 0.717) is 5.92 Å². The first-order chi connectivity index (χ1) is 12.7. The van der Waals surface area contributed by atoms with Crippen molar-refractivity contribution in [2.24, 2.45) is 0 Å². The van der Waals surface area contributed by atoms with E-state index in [1.54, 1.807) is 0 Å². The lowest BCUT2D eigenvalue weighted by Gasteiger charge is -2.33. The molecule has 0 bridgehead atoms. The molecular weight excluding hydrogens is 318 g/mol. The van der Waals surface area contributed by atoms with Crippen LogP contribution < -0.4 is 4.90 Å². The Kier molecular flexibility index (Phi) is 3.35. The van der Waals surface area contributed by atoms with E-state index in [9.17, 15) is 0 Å². The lowest BCUT2D eigenvalue weighted by atomic mass is 9.94. The summed E-state index contributed by atoms with van der Waals surface area (Å²) >= 11 is 0. The van der Waals surface area contributed by atoms with Crippen LogP contribution in [0.2, 0.25) is 0 Å². The third-order valence-electron chi connectivity index (χ3n) is 5.30. The zero-order valence-electron chi connectivity index (χ0n) is 15.1. The number of benzene rings is 2. The second kappa shape index (κ2) is 5.73. The van der Waals surface area contributed by atoms with Crippen LogP contribution >= 0.6 is 0 Å². The first-order valence-corrected chi connectivity index (χ1v) is 9.13. The molecule has 26 heavy (non-hydrogen) atoms. The molecule has 0 atom stereocenters. The van der Waals surface area contributed by atoms with Crippen LogP contribution in [0.4, 0.5) is 11.4 Å². The van der Waals surface area contributed by atoms with E-state index >= 15 is 0 Å². The Morgan fingerprint density at radius 3 is 2.58 bits per heavy atom. The summed E-state index contributed by atoms with van der Waals surface area (Å²) in [6.45, 7) is 5.33. The molecule has 1 aliphatic rings. The van der Waals surface area contributed by atoms with Gasteiger partial charge in [-0.1, -0.05) is 44.2 Å². The van der Waals surface area contributed by atoms with Crippen molar-refractivity contribution in [3.05, 3.63) is 84.3 Å². The molecule has 2 aromatic heterocycles. The largest absolute Gasteiger partial charge is 0.336 e. The van der Waals surface area contributed by atoms with Gasteiger partial charge in [0.05, 0.1) is 6.54 Å². The third kappa shape index (κ3) is 2.31. The minimum atomic E-state index is 0.549. The van der Waals surface area contributed by atoms with Crippen LogP contribution in [0.25, 0.3) is 16.8 Å². The lowest BCUT2D eigenvalue weighted by molar-refractivity contribution is 0.865. The molecule has 5 rings (SSSR count). The zero-order valence-corrected chi connectivity index (χ0v) is 15.1. The molecule has 0 saturated heterocycles. The predicted octanol–water partition coefficient (Wildman–Crippen LogP) is 5.78. The summed E-state index contributed by atoms with van der Waals surface area (Å²) in [6, 6.07) is 19.8. The van der Waals surface area contributed by atoms with Gasteiger partial charge in [0.25, 0.3) is 0 Å². The van der Waals surface area contributed by atoms with Crippen LogP contribution in [0, 0.1) is 0 Å². The Hall–Kier alpha value is -3.07. The van der Waals surface area contributed by atoms with Crippen molar-refractivity contribution in [2.75, 3.05) is 4.90 Å². The number of fused-ring (bicyclic) bond motifs is 4. The van der Waals surface area contributed by atoms with Crippen LogP contribution in [0.1, 0.15) is 30.9 Å². The van der Waals surface area contributed by atoms with Crippen molar-refractivity contribution < 1.29 is 0 Å². The maximum Gasteiger partial charge on any atom is 0.137 e. The van der Waals surface area contributed by atoms with Gasteiger partial charge in [-0.15, -0.1) is 0 Å². The molecule has 0 amide bonds. The molecule has 0 saturated carbocycles. The van der Waals surface area contributed by atoms with E-state index in [1.807, 2.05) is 12.4 Å². The van der Waals surface area contributed by atoms with Crippen LogP contribution in [0.5, 0.6) is 0 Å². The van der Waals surface area contributed by atoms with E-state index in [4.69, 9.17) is 0 Å². The average molecular weight is 339 g/mol. The predicted molar refractivity (Wildman–Crippen MR) is 107 cm³/mol. The molecule has 3 heterocycles. The van der Waals surface area contributed by atoms with Gasteiger partial charge in [-0.05, 0) is 46.9 Å². The highest BCUT2D eigenvalue weighted by atomic mass is 15.1. The summed E-state index contributed by atoms with van der Waals surface area (Å²) in [4.78, 5) is 6.86. The maximum absolute atomic E-state index is 4.45. The highest BCUT2D eigenvalue weighted by Gasteiger charge is 2.23. The van der Waals surface area contributed by atoms with Gasteiger partial charge in [0.2, 0.25) is 0 Å². The zero-order chi connectivity index (χ0) is 17.7. The maximum atomic E-state index is 4.45. The van der Waals surface area contributed by atoms with Crippen molar-refractivity contribution >= 4 is 17.0 Å². The van der Waals surface area contributed by atoms with Gasteiger partial charge in [0.15, 0.2) is 0 Å². The Bertz CT molecular complexity index is 1090. The highest BCUT2D eigenvalue weighted by Crippen LogP contribution is 2.42. The monoisotopic (exact) mass is 339 g/mol. The quantitative estimate of drug-likeness (QED) is 0.462. The fraction of sp³-hybridized carbons (Fsp3) is 0.174. The summed E-state index contributed by atoms with van der Waals surface area (Å²) in [5.41, 5.74) is 8.74. The number of rotatable bonds is 2. The Labute approximate surface area is 153 Å². The molecule has 1 aliphatic heterocycles. The molecule has 128 valence electrons. The van der Waals surface area contributed by atoms with Crippen molar-refractivity contribution in [1.82, 2.24) is 9.38 Å².